The molecule has 1 aromatic carbocycles. The van der Waals surface area contributed by atoms with Crippen LogP contribution in [0.4, 0.5) is 0 Å². The van der Waals surface area contributed by atoms with Crippen LogP contribution in [0.3, 0.4) is 0 Å². The molecule has 1 unspecified atom stereocenters. The summed E-state index contributed by atoms with van der Waals surface area (Å²) in [7, 11) is -3.10. The molecule has 0 aromatic heterocycles. The minimum absolute atomic E-state index is 0.343. The molecule has 82 valence electrons. The van der Waals surface area contributed by atoms with Crippen LogP contribution in [-0.2, 0) is 9.84 Å². The average molecular weight is 225 g/mol. The van der Waals surface area contributed by atoms with Crippen LogP contribution in [0.5, 0.6) is 0 Å². The van der Waals surface area contributed by atoms with E-state index in [1.54, 1.807) is 12.1 Å². The molecule has 1 aliphatic heterocycles. The summed E-state index contributed by atoms with van der Waals surface area (Å²) in [5.74, 6) is 0.343. The molecule has 1 N–H and O–H groups in total. The molecule has 1 fully saturated rings. The zero-order chi connectivity index (χ0) is 10.9. The lowest BCUT2D eigenvalue weighted by molar-refractivity contribution is 0.598. The van der Waals surface area contributed by atoms with Crippen molar-refractivity contribution < 1.29 is 8.42 Å². The van der Waals surface area contributed by atoms with Crippen molar-refractivity contribution in [2.45, 2.75) is 17.2 Å². The van der Waals surface area contributed by atoms with Gasteiger partial charge in [-0.2, -0.15) is 0 Å². The second-order valence-corrected chi connectivity index (χ2v) is 5.98. The van der Waals surface area contributed by atoms with E-state index in [0.717, 1.165) is 25.1 Å². The summed E-state index contributed by atoms with van der Waals surface area (Å²) in [4.78, 5) is 0.485. The summed E-state index contributed by atoms with van der Waals surface area (Å²) < 4.78 is 23.2. The van der Waals surface area contributed by atoms with Gasteiger partial charge in [0, 0.05) is 12.8 Å². The SMILES string of the molecule is CS(=O)(=O)c1ccccc1C1CCNC1. The lowest BCUT2D eigenvalue weighted by Crippen LogP contribution is -2.11. The molecule has 15 heavy (non-hydrogen) atoms. The molecule has 1 saturated heterocycles. The van der Waals surface area contributed by atoms with E-state index < -0.39 is 9.84 Å². The van der Waals surface area contributed by atoms with Gasteiger partial charge in [0.15, 0.2) is 9.84 Å². The molecule has 0 aliphatic carbocycles. The third-order valence-electron chi connectivity index (χ3n) is 2.82. The van der Waals surface area contributed by atoms with E-state index in [9.17, 15) is 8.42 Å². The van der Waals surface area contributed by atoms with E-state index >= 15 is 0 Å². The van der Waals surface area contributed by atoms with Crippen molar-refractivity contribution in [3.05, 3.63) is 29.8 Å². The Morgan fingerprint density at radius 1 is 1.33 bits per heavy atom. The highest BCUT2D eigenvalue weighted by Crippen LogP contribution is 2.28. The maximum Gasteiger partial charge on any atom is 0.175 e. The van der Waals surface area contributed by atoms with Gasteiger partial charge in [0.2, 0.25) is 0 Å². The van der Waals surface area contributed by atoms with Gasteiger partial charge < -0.3 is 5.32 Å². The summed E-state index contributed by atoms with van der Waals surface area (Å²) in [5, 5.41) is 3.25. The molecule has 1 aliphatic rings. The monoisotopic (exact) mass is 225 g/mol. The topological polar surface area (TPSA) is 46.2 Å². The standard InChI is InChI=1S/C11H15NO2S/c1-15(13,14)11-5-3-2-4-10(11)9-6-7-12-8-9/h2-5,9,12H,6-8H2,1H3. The number of sulfone groups is 1. The van der Waals surface area contributed by atoms with E-state index in [1.165, 1.54) is 6.26 Å². The van der Waals surface area contributed by atoms with Crippen LogP contribution in [-0.4, -0.2) is 27.8 Å². The first-order chi connectivity index (χ1) is 7.09. The molecule has 1 atom stereocenters. The Bertz CT molecular complexity index is 447. The van der Waals surface area contributed by atoms with E-state index in [0.29, 0.717) is 10.8 Å². The smallest absolute Gasteiger partial charge is 0.175 e. The maximum atomic E-state index is 11.6. The fourth-order valence-electron chi connectivity index (χ4n) is 2.08. The van der Waals surface area contributed by atoms with Crippen LogP contribution < -0.4 is 5.32 Å². The first kappa shape index (κ1) is 10.6. The molecule has 1 heterocycles. The molecule has 2 rings (SSSR count). The lowest BCUT2D eigenvalue weighted by atomic mass is 9.99. The highest BCUT2D eigenvalue weighted by Gasteiger charge is 2.22. The third-order valence-corrected chi connectivity index (χ3v) is 3.99. The minimum Gasteiger partial charge on any atom is -0.316 e. The zero-order valence-corrected chi connectivity index (χ0v) is 9.55. The zero-order valence-electron chi connectivity index (χ0n) is 8.73. The molecule has 0 bridgehead atoms. The van der Waals surface area contributed by atoms with Gasteiger partial charge in [-0.15, -0.1) is 0 Å². The second-order valence-electron chi connectivity index (χ2n) is 4.00. The molecule has 0 spiro atoms. The summed E-state index contributed by atoms with van der Waals surface area (Å²) in [6, 6.07) is 7.31. The highest BCUT2D eigenvalue weighted by molar-refractivity contribution is 7.90. The van der Waals surface area contributed by atoms with Gasteiger partial charge >= 0.3 is 0 Å². The molecule has 1 aromatic rings. The van der Waals surface area contributed by atoms with Crippen molar-refractivity contribution in [3.63, 3.8) is 0 Å². The largest absolute Gasteiger partial charge is 0.316 e. The van der Waals surface area contributed by atoms with Crippen molar-refractivity contribution >= 4 is 9.84 Å². The minimum atomic E-state index is -3.10. The van der Waals surface area contributed by atoms with Gasteiger partial charge in [0.1, 0.15) is 0 Å². The Morgan fingerprint density at radius 3 is 2.67 bits per heavy atom. The molecule has 4 heteroatoms. The van der Waals surface area contributed by atoms with Gasteiger partial charge in [0.05, 0.1) is 4.90 Å². The van der Waals surface area contributed by atoms with Crippen molar-refractivity contribution in [1.29, 1.82) is 0 Å². The van der Waals surface area contributed by atoms with E-state index in [2.05, 4.69) is 5.32 Å². The van der Waals surface area contributed by atoms with E-state index in [1.807, 2.05) is 12.1 Å². The fraction of sp³-hybridized carbons (Fsp3) is 0.455. The molecular weight excluding hydrogens is 210 g/mol. The lowest BCUT2D eigenvalue weighted by Gasteiger charge is -2.12. The van der Waals surface area contributed by atoms with Gasteiger partial charge in [-0.3, -0.25) is 0 Å². The van der Waals surface area contributed by atoms with Gasteiger partial charge in [0.25, 0.3) is 0 Å². The third kappa shape index (κ3) is 2.21. The Hall–Kier alpha value is -0.870. The van der Waals surface area contributed by atoms with Crippen molar-refractivity contribution in [2.24, 2.45) is 0 Å². The summed E-state index contributed by atoms with van der Waals surface area (Å²) in [6.45, 7) is 1.86. The van der Waals surface area contributed by atoms with Crippen LogP contribution in [0.2, 0.25) is 0 Å². The predicted molar refractivity (Wildman–Crippen MR) is 59.8 cm³/mol. The van der Waals surface area contributed by atoms with Crippen LogP contribution >= 0.6 is 0 Å². The van der Waals surface area contributed by atoms with Gasteiger partial charge in [-0.1, -0.05) is 18.2 Å². The maximum absolute atomic E-state index is 11.6. The molecular formula is C11H15NO2S. The summed E-state index contributed by atoms with van der Waals surface area (Å²) in [6.07, 6.45) is 2.29. The number of benzene rings is 1. The first-order valence-corrected chi connectivity index (χ1v) is 6.98. The summed E-state index contributed by atoms with van der Waals surface area (Å²) >= 11 is 0. The summed E-state index contributed by atoms with van der Waals surface area (Å²) in [5.41, 5.74) is 0.963. The molecule has 0 amide bonds. The average Bonchev–Trinajstić information content (AvgIpc) is 2.69. The molecule has 3 nitrogen and oxygen atoms in total. The van der Waals surface area contributed by atoms with E-state index in [-0.39, 0.29) is 0 Å². The van der Waals surface area contributed by atoms with Crippen LogP contribution in [0.1, 0.15) is 17.9 Å². The van der Waals surface area contributed by atoms with Crippen LogP contribution in [0.15, 0.2) is 29.2 Å². The predicted octanol–water partition coefficient (Wildman–Crippen LogP) is 1.17. The van der Waals surface area contributed by atoms with Crippen molar-refractivity contribution in [1.82, 2.24) is 5.32 Å². The Morgan fingerprint density at radius 2 is 2.07 bits per heavy atom. The molecule has 0 saturated carbocycles. The second kappa shape index (κ2) is 3.94. The number of nitrogens with one attached hydrogen (secondary N) is 1. The number of hydrogen-bond donors (Lipinski definition) is 1. The van der Waals surface area contributed by atoms with Crippen LogP contribution in [0, 0.1) is 0 Å². The van der Waals surface area contributed by atoms with Gasteiger partial charge in [-0.25, -0.2) is 8.42 Å². The van der Waals surface area contributed by atoms with Crippen molar-refractivity contribution in [2.75, 3.05) is 19.3 Å². The Labute approximate surface area is 90.4 Å². The van der Waals surface area contributed by atoms with Gasteiger partial charge in [-0.05, 0) is 30.5 Å². The Balaban J connectivity index is 2.46. The highest BCUT2D eigenvalue weighted by atomic mass is 32.2. The number of rotatable bonds is 2. The first-order valence-electron chi connectivity index (χ1n) is 5.09. The van der Waals surface area contributed by atoms with Crippen molar-refractivity contribution in [3.8, 4) is 0 Å². The Kier molecular flexibility index (Phi) is 2.80. The van der Waals surface area contributed by atoms with Crippen LogP contribution in [0.25, 0.3) is 0 Å². The molecule has 0 radical (unpaired) electrons. The quantitative estimate of drug-likeness (QED) is 0.821. The fourth-order valence-corrected chi connectivity index (χ4v) is 3.06. The van der Waals surface area contributed by atoms with E-state index in [4.69, 9.17) is 0 Å². The normalized spacial score (nSPS) is 21.8. The number of hydrogen-bond acceptors (Lipinski definition) is 3.